The third-order valence-corrected chi connectivity index (χ3v) is 2.09. The second-order valence-corrected chi connectivity index (χ2v) is 6.69. The topological polar surface area (TPSA) is 77.2 Å². The molecule has 0 radical (unpaired) electrons. The number of aliphatic hydroxyl groups excluding tert-OH is 1. The average Bonchev–Trinajstić information content (AvgIpc) is 3.05. The molecule has 0 saturated carbocycles. The van der Waals surface area contributed by atoms with Crippen LogP contribution in [0.5, 0.6) is 0 Å². The molecule has 2 atom stereocenters. The molecule has 19 heavy (non-hydrogen) atoms. The van der Waals surface area contributed by atoms with E-state index in [0.717, 1.165) is 13.2 Å². The normalized spacial score (nSPS) is 20.5. The zero-order valence-electron chi connectivity index (χ0n) is 13.2. The molecule has 0 aliphatic carbocycles. The van der Waals surface area contributed by atoms with Gasteiger partial charge < -0.3 is 25.1 Å². The fraction of sp³-hybridized carbons (Fsp3) is 1.00. The summed E-state index contributed by atoms with van der Waals surface area (Å²) in [6.07, 6.45) is -0.136. The van der Waals surface area contributed by atoms with E-state index in [1.807, 2.05) is 20.8 Å². The number of rotatable bonds is 5. The van der Waals surface area contributed by atoms with E-state index in [0.29, 0.717) is 12.7 Å². The minimum Gasteiger partial charge on any atom is -0.389 e. The quantitative estimate of drug-likeness (QED) is 0.741. The van der Waals surface area contributed by atoms with E-state index in [9.17, 15) is 0 Å². The molecular weight excluding hydrogens is 246 g/mol. The van der Waals surface area contributed by atoms with Crippen molar-refractivity contribution in [3.05, 3.63) is 0 Å². The van der Waals surface area contributed by atoms with Crippen molar-refractivity contribution < 1.29 is 19.3 Å². The predicted molar refractivity (Wildman–Crippen MR) is 76.2 cm³/mol. The summed E-state index contributed by atoms with van der Waals surface area (Å²) in [4.78, 5) is 0. The highest BCUT2D eigenvalue weighted by Crippen LogP contribution is 2.14. The molecule has 0 amide bonds. The Morgan fingerprint density at radius 3 is 1.95 bits per heavy atom. The van der Waals surface area contributed by atoms with Gasteiger partial charge in [-0.1, -0.05) is 0 Å². The molecule has 116 valence electrons. The zero-order chi connectivity index (χ0) is 15.1. The standard InChI is InChI=1S/C7H17NO2.C7H14O2/c1-7(2,3)10-5-6(9)4-8;1-7(2,3)9-5-6-4-8-6/h6,9H,4-5,8H2,1-3H3;6H,4-5H2,1-3H3. The summed E-state index contributed by atoms with van der Waals surface area (Å²) in [5.41, 5.74) is 4.98. The van der Waals surface area contributed by atoms with Gasteiger partial charge in [0.25, 0.3) is 0 Å². The molecule has 1 heterocycles. The monoisotopic (exact) mass is 277 g/mol. The number of hydrogen-bond acceptors (Lipinski definition) is 5. The number of hydrogen-bond donors (Lipinski definition) is 2. The first-order valence-corrected chi connectivity index (χ1v) is 6.81. The molecule has 0 bridgehead atoms. The maximum atomic E-state index is 8.97. The molecule has 0 aromatic rings. The maximum absolute atomic E-state index is 8.97. The lowest BCUT2D eigenvalue weighted by molar-refractivity contribution is -0.0459. The Morgan fingerprint density at radius 1 is 1.16 bits per heavy atom. The van der Waals surface area contributed by atoms with Crippen molar-refractivity contribution in [2.45, 2.75) is 65.0 Å². The van der Waals surface area contributed by atoms with Crippen molar-refractivity contribution in [1.29, 1.82) is 0 Å². The fourth-order valence-corrected chi connectivity index (χ4v) is 0.921. The van der Waals surface area contributed by atoms with E-state index < -0.39 is 6.10 Å². The Balaban J connectivity index is 0.000000342. The van der Waals surface area contributed by atoms with Gasteiger partial charge in [-0.2, -0.15) is 0 Å². The van der Waals surface area contributed by atoms with E-state index in [1.165, 1.54) is 0 Å². The maximum Gasteiger partial charge on any atom is 0.104 e. The number of aliphatic hydroxyl groups is 1. The summed E-state index contributed by atoms with van der Waals surface area (Å²) in [5.74, 6) is 0. The first kappa shape index (κ1) is 18.8. The highest BCUT2D eigenvalue weighted by atomic mass is 16.6. The van der Waals surface area contributed by atoms with Crippen molar-refractivity contribution in [3.63, 3.8) is 0 Å². The second kappa shape index (κ2) is 8.17. The van der Waals surface area contributed by atoms with Crippen molar-refractivity contribution in [2.24, 2.45) is 5.73 Å². The zero-order valence-corrected chi connectivity index (χ0v) is 13.2. The minimum atomic E-state index is -0.528. The highest BCUT2D eigenvalue weighted by Gasteiger charge is 2.24. The van der Waals surface area contributed by atoms with E-state index in [4.69, 9.17) is 25.1 Å². The van der Waals surface area contributed by atoms with Gasteiger partial charge in [0.1, 0.15) is 6.10 Å². The van der Waals surface area contributed by atoms with Crippen molar-refractivity contribution in [3.8, 4) is 0 Å². The molecular formula is C14H31NO4. The SMILES string of the molecule is CC(C)(C)OCC(O)CN.CC(C)(C)OCC1CO1. The second-order valence-electron chi connectivity index (χ2n) is 6.69. The molecule has 1 fully saturated rings. The van der Waals surface area contributed by atoms with E-state index in [2.05, 4.69) is 20.8 Å². The minimum absolute atomic E-state index is 0.00799. The van der Waals surface area contributed by atoms with Crippen LogP contribution in [0.4, 0.5) is 0 Å². The summed E-state index contributed by atoms with van der Waals surface area (Å²) in [7, 11) is 0. The number of nitrogens with two attached hydrogens (primary N) is 1. The van der Waals surface area contributed by atoms with Crippen LogP contribution in [0.15, 0.2) is 0 Å². The Hall–Kier alpha value is -0.200. The lowest BCUT2D eigenvalue weighted by Crippen LogP contribution is -2.30. The number of ether oxygens (including phenoxy) is 3. The fourth-order valence-electron chi connectivity index (χ4n) is 0.921. The summed E-state index contributed by atoms with van der Waals surface area (Å²) < 4.78 is 15.7. The molecule has 2 unspecified atom stereocenters. The molecule has 0 spiro atoms. The van der Waals surface area contributed by atoms with Crippen LogP contribution in [0, 0.1) is 0 Å². The Labute approximate surface area is 117 Å². The van der Waals surface area contributed by atoms with Crippen LogP contribution in [-0.4, -0.2) is 54.9 Å². The van der Waals surface area contributed by atoms with E-state index >= 15 is 0 Å². The molecule has 5 nitrogen and oxygen atoms in total. The first-order chi connectivity index (χ1) is 8.53. The Bertz CT molecular complexity index is 229. The molecule has 5 heteroatoms. The van der Waals surface area contributed by atoms with Crippen LogP contribution >= 0.6 is 0 Å². The Morgan fingerprint density at radius 2 is 1.63 bits per heavy atom. The molecule has 1 aliphatic heterocycles. The average molecular weight is 277 g/mol. The van der Waals surface area contributed by atoms with Gasteiger partial charge >= 0.3 is 0 Å². The van der Waals surface area contributed by atoms with Crippen LogP contribution < -0.4 is 5.73 Å². The van der Waals surface area contributed by atoms with Gasteiger partial charge in [-0.25, -0.2) is 0 Å². The van der Waals surface area contributed by atoms with Crippen LogP contribution in [0.1, 0.15) is 41.5 Å². The van der Waals surface area contributed by atoms with Crippen LogP contribution in [0.2, 0.25) is 0 Å². The number of epoxide rings is 1. The van der Waals surface area contributed by atoms with Gasteiger partial charge in [0.2, 0.25) is 0 Å². The van der Waals surface area contributed by atoms with Crippen LogP contribution in [-0.2, 0) is 14.2 Å². The molecule has 0 aromatic carbocycles. The first-order valence-electron chi connectivity index (χ1n) is 6.81. The summed E-state index contributed by atoms with van der Waals surface area (Å²) >= 11 is 0. The van der Waals surface area contributed by atoms with Gasteiger partial charge in [-0.3, -0.25) is 0 Å². The molecule has 1 rings (SSSR count). The van der Waals surface area contributed by atoms with Crippen molar-refractivity contribution >= 4 is 0 Å². The highest BCUT2D eigenvalue weighted by molar-refractivity contribution is 4.70. The third kappa shape index (κ3) is 15.7. The van der Waals surface area contributed by atoms with Crippen molar-refractivity contribution in [2.75, 3.05) is 26.4 Å². The van der Waals surface area contributed by atoms with E-state index in [-0.39, 0.29) is 17.7 Å². The lowest BCUT2D eigenvalue weighted by atomic mass is 10.2. The van der Waals surface area contributed by atoms with Crippen molar-refractivity contribution in [1.82, 2.24) is 0 Å². The predicted octanol–water partition coefficient (Wildman–Crippen LogP) is 1.32. The molecule has 1 aliphatic rings. The largest absolute Gasteiger partial charge is 0.389 e. The van der Waals surface area contributed by atoms with Gasteiger partial charge in [0, 0.05) is 6.54 Å². The summed E-state index contributed by atoms with van der Waals surface area (Å²) in [6.45, 7) is 14.2. The molecule has 1 saturated heterocycles. The van der Waals surface area contributed by atoms with Crippen LogP contribution in [0.25, 0.3) is 0 Å². The molecule has 3 N–H and O–H groups in total. The third-order valence-electron chi connectivity index (χ3n) is 2.09. The summed E-state index contributed by atoms with van der Waals surface area (Å²) in [6, 6.07) is 0. The lowest BCUT2D eigenvalue weighted by Gasteiger charge is -2.21. The smallest absolute Gasteiger partial charge is 0.104 e. The van der Waals surface area contributed by atoms with Gasteiger partial charge in [0.05, 0.1) is 37.1 Å². The van der Waals surface area contributed by atoms with E-state index in [1.54, 1.807) is 0 Å². The van der Waals surface area contributed by atoms with Gasteiger partial charge in [-0.05, 0) is 41.5 Å². The Kier molecular flexibility index (Phi) is 8.08. The summed E-state index contributed by atoms with van der Waals surface area (Å²) in [5, 5.41) is 8.97. The molecule has 0 aromatic heterocycles. The van der Waals surface area contributed by atoms with Gasteiger partial charge in [0.15, 0.2) is 0 Å². The van der Waals surface area contributed by atoms with Crippen LogP contribution in [0.3, 0.4) is 0 Å². The van der Waals surface area contributed by atoms with Gasteiger partial charge in [-0.15, -0.1) is 0 Å².